The van der Waals surface area contributed by atoms with Crippen LogP contribution >= 0.6 is 11.6 Å². The summed E-state index contributed by atoms with van der Waals surface area (Å²) in [7, 11) is 0. The number of hydrogen-bond acceptors (Lipinski definition) is 8. The first-order chi connectivity index (χ1) is 16.0. The molecule has 1 fully saturated rings. The van der Waals surface area contributed by atoms with Crippen LogP contribution in [0.25, 0.3) is 0 Å². The molecule has 6 N–H and O–H groups in total. The predicted molar refractivity (Wildman–Crippen MR) is 119 cm³/mol. The van der Waals surface area contributed by atoms with E-state index in [0.717, 1.165) is 43.2 Å². The number of benzene rings is 1. The quantitative estimate of drug-likeness (QED) is 0.327. The van der Waals surface area contributed by atoms with Crippen LogP contribution in [0.1, 0.15) is 37.7 Å². The number of nitrogens with two attached hydrogens (primary N) is 1. The van der Waals surface area contributed by atoms with Crippen molar-refractivity contribution in [1.29, 1.82) is 0 Å². The van der Waals surface area contributed by atoms with Gasteiger partial charge in [0.25, 0.3) is 0 Å². The van der Waals surface area contributed by atoms with Gasteiger partial charge in [0.2, 0.25) is 6.79 Å². The van der Waals surface area contributed by atoms with E-state index in [1.807, 2.05) is 6.07 Å². The smallest absolute Gasteiger partial charge is 0.303 e. The molecule has 1 aromatic carbocycles. The van der Waals surface area contributed by atoms with Gasteiger partial charge in [-0.05, 0) is 31.5 Å². The Morgan fingerprint density at radius 3 is 1.91 bits per heavy atom. The lowest BCUT2D eigenvalue weighted by Gasteiger charge is -2.17. The molecule has 0 radical (unpaired) electrons. The van der Waals surface area contributed by atoms with Gasteiger partial charge in [0.05, 0.1) is 25.7 Å². The molecule has 1 saturated heterocycles. The van der Waals surface area contributed by atoms with Crippen LogP contribution in [0.3, 0.4) is 0 Å². The molecule has 0 spiro atoms. The number of nitrogens with zero attached hydrogens (tertiary/aromatic N) is 1. The van der Waals surface area contributed by atoms with E-state index in [2.05, 4.69) is 4.90 Å². The second-order valence-corrected chi connectivity index (χ2v) is 7.94. The van der Waals surface area contributed by atoms with Crippen LogP contribution in [0, 0.1) is 5.92 Å². The van der Waals surface area contributed by atoms with E-state index in [4.69, 9.17) is 47.2 Å². The highest BCUT2D eigenvalue weighted by atomic mass is 35.5. The number of aliphatic carboxylic acids is 4. The summed E-state index contributed by atoms with van der Waals surface area (Å²) in [5.41, 5.74) is 6.82. The number of likely N-dealkylation sites (tertiary alicyclic amines) is 1. The molecule has 1 atom stereocenters. The van der Waals surface area contributed by atoms with Crippen LogP contribution in [0.5, 0.6) is 11.5 Å². The maximum Gasteiger partial charge on any atom is 0.303 e. The number of halogens is 1. The second-order valence-electron chi connectivity index (χ2n) is 7.50. The molecule has 0 saturated carbocycles. The SMILES string of the molecule is NC[C@@H]1CCN(Cc2cc(Cl)cc3c2OCO3)C1.O=C(O)CCC(=O)O.O=C(O)CCC(=O)O. The number of ether oxygens (including phenoxy) is 2. The van der Waals surface area contributed by atoms with Crippen molar-refractivity contribution in [1.82, 2.24) is 4.90 Å². The third-order valence-electron chi connectivity index (χ3n) is 4.72. The van der Waals surface area contributed by atoms with E-state index in [0.29, 0.717) is 10.9 Å². The standard InChI is InChI=1S/C13H17ClN2O2.2C4H6O4/c14-11-3-10(13-12(4-11)17-8-18-13)7-16-2-1-9(5-15)6-16;2*5-3(6)1-2-4(7)8/h3-4,9H,1-2,5-8,15H2;2*1-2H2,(H,5,6)(H,7,8)/t9-;;/m0../s1. The Labute approximate surface area is 200 Å². The van der Waals surface area contributed by atoms with Crippen molar-refractivity contribution in [3.8, 4) is 11.5 Å². The Bertz CT molecular complexity index is 808. The highest BCUT2D eigenvalue weighted by molar-refractivity contribution is 6.30. The summed E-state index contributed by atoms with van der Waals surface area (Å²) < 4.78 is 10.9. The first-order valence-electron chi connectivity index (χ1n) is 10.4. The lowest BCUT2D eigenvalue weighted by molar-refractivity contribution is -0.143. The molecule has 12 nitrogen and oxygen atoms in total. The van der Waals surface area contributed by atoms with Crippen molar-refractivity contribution < 1.29 is 49.1 Å². The molecule has 0 aromatic heterocycles. The van der Waals surface area contributed by atoms with Crippen molar-refractivity contribution in [2.24, 2.45) is 11.7 Å². The van der Waals surface area contributed by atoms with Crippen molar-refractivity contribution in [3.05, 3.63) is 22.7 Å². The molecule has 0 unspecified atom stereocenters. The first kappa shape index (κ1) is 28.9. The minimum Gasteiger partial charge on any atom is -0.481 e. The van der Waals surface area contributed by atoms with E-state index in [9.17, 15) is 19.2 Å². The summed E-state index contributed by atoms with van der Waals surface area (Å²) in [5, 5.41) is 32.3. The highest BCUT2D eigenvalue weighted by Crippen LogP contribution is 2.39. The summed E-state index contributed by atoms with van der Waals surface area (Å²) in [6.45, 7) is 4.04. The zero-order valence-electron chi connectivity index (χ0n) is 18.4. The molecule has 0 amide bonds. The average Bonchev–Trinajstić information content (AvgIpc) is 3.41. The summed E-state index contributed by atoms with van der Waals surface area (Å²) in [6, 6.07) is 3.77. The highest BCUT2D eigenvalue weighted by Gasteiger charge is 2.25. The zero-order chi connectivity index (χ0) is 25.7. The Morgan fingerprint density at radius 2 is 1.47 bits per heavy atom. The van der Waals surface area contributed by atoms with Gasteiger partial charge in [-0.1, -0.05) is 11.6 Å². The summed E-state index contributed by atoms with van der Waals surface area (Å²) in [4.78, 5) is 41.0. The fourth-order valence-corrected chi connectivity index (χ4v) is 3.31. The van der Waals surface area contributed by atoms with E-state index >= 15 is 0 Å². The lowest BCUT2D eigenvalue weighted by atomic mass is 10.1. The van der Waals surface area contributed by atoms with Gasteiger partial charge in [0, 0.05) is 29.7 Å². The van der Waals surface area contributed by atoms with Crippen LogP contribution in [-0.4, -0.2) is 75.6 Å². The maximum atomic E-state index is 9.64. The van der Waals surface area contributed by atoms with E-state index < -0.39 is 23.9 Å². The molecule has 34 heavy (non-hydrogen) atoms. The monoisotopic (exact) mass is 504 g/mol. The molecule has 13 heteroatoms. The van der Waals surface area contributed by atoms with Crippen LogP contribution in [0.4, 0.5) is 0 Å². The largest absolute Gasteiger partial charge is 0.481 e. The fourth-order valence-electron chi connectivity index (χ4n) is 3.08. The predicted octanol–water partition coefficient (Wildman–Crippen LogP) is 1.72. The zero-order valence-corrected chi connectivity index (χ0v) is 19.2. The molecular weight excluding hydrogens is 476 g/mol. The number of rotatable bonds is 9. The van der Waals surface area contributed by atoms with E-state index in [-0.39, 0.29) is 32.5 Å². The molecule has 1 aromatic rings. The van der Waals surface area contributed by atoms with Gasteiger partial charge in [-0.25, -0.2) is 0 Å². The van der Waals surface area contributed by atoms with Crippen molar-refractivity contribution in [2.75, 3.05) is 26.4 Å². The molecule has 3 rings (SSSR count). The van der Waals surface area contributed by atoms with Gasteiger partial charge in [-0.3, -0.25) is 24.1 Å². The Morgan fingerprint density at radius 1 is 0.941 bits per heavy atom. The normalized spacial score (nSPS) is 16.0. The third-order valence-corrected chi connectivity index (χ3v) is 4.94. The Balaban J connectivity index is 0.000000304. The summed E-state index contributed by atoms with van der Waals surface area (Å²) >= 11 is 6.10. The number of carboxylic acids is 4. The molecule has 2 aliphatic heterocycles. The first-order valence-corrected chi connectivity index (χ1v) is 10.8. The number of fused-ring (bicyclic) bond motifs is 1. The molecule has 190 valence electrons. The molecule has 0 bridgehead atoms. The van der Waals surface area contributed by atoms with Gasteiger partial charge < -0.3 is 35.6 Å². The van der Waals surface area contributed by atoms with Gasteiger partial charge in [0.15, 0.2) is 11.5 Å². The van der Waals surface area contributed by atoms with Crippen LogP contribution in [0.15, 0.2) is 12.1 Å². The van der Waals surface area contributed by atoms with Gasteiger partial charge >= 0.3 is 23.9 Å². The lowest BCUT2D eigenvalue weighted by Crippen LogP contribution is -2.22. The molecular formula is C21H29ClN2O10. The van der Waals surface area contributed by atoms with Crippen molar-refractivity contribution in [3.63, 3.8) is 0 Å². The van der Waals surface area contributed by atoms with Crippen LogP contribution in [-0.2, 0) is 25.7 Å². The van der Waals surface area contributed by atoms with E-state index in [1.54, 1.807) is 6.07 Å². The van der Waals surface area contributed by atoms with Crippen molar-refractivity contribution in [2.45, 2.75) is 38.6 Å². The molecule has 0 aliphatic carbocycles. The van der Waals surface area contributed by atoms with E-state index in [1.165, 1.54) is 6.42 Å². The van der Waals surface area contributed by atoms with Gasteiger partial charge in [-0.15, -0.1) is 0 Å². The third kappa shape index (κ3) is 11.7. The van der Waals surface area contributed by atoms with Crippen LogP contribution < -0.4 is 15.2 Å². The minimum atomic E-state index is -1.08. The average molecular weight is 505 g/mol. The summed E-state index contributed by atoms with van der Waals surface area (Å²) in [5.74, 6) is -2.09. The Hall–Kier alpha value is -3.09. The maximum absolute atomic E-state index is 9.64. The fraction of sp³-hybridized carbons (Fsp3) is 0.524. The topological polar surface area (TPSA) is 197 Å². The molecule has 2 aliphatic rings. The van der Waals surface area contributed by atoms with Gasteiger partial charge in [0.1, 0.15) is 0 Å². The van der Waals surface area contributed by atoms with Crippen LogP contribution in [0.2, 0.25) is 5.02 Å². The number of hydrogen-bond donors (Lipinski definition) is 5. The number of carboxylic acid groups (broad SMARTS) is 4. The minimum absolute atomic E-state index is 0.286. The second kappa shape index (κ2) is 14.9. The Kier molecular flexibility index (Phi) is 12.7. The number of carbonyl (C=O) groups is 4. The molecule has 2 heterocycles. The van der Waals surface area contributed by atoms with Crippen molar-refractivity contribution >= 4 is 35.5 Å². The summed E-state index contributed by atoms with van der Waals surface area (Å²) in [6.07, 6.45) is -0.00799. The van der Waals surface area contributed by atoms with Gasteiger partial charge in [-0.2, -0.15) is 0 Å².